The van der Waals surface area contributed by atoms with Crippen molar-refractivity contribution < 1.29 is 23.4 Å². The molecule has 3 aromatic rings. The maximum Gasteiger partial charge on any atom is 0.344 e. The van der Waals surface area contributed by atoms with Crippen LogP contribution in [0.1, 0.15) is 30.9 Å². The van der Waals surface area contributed by atoms with E-state index in [9.17, 15) is 9.59 Å². The van der Waals surface area contributed by atoms with Crippen molar-refractivity contribution in [1.29, 1.82) is 0 Å². The van der Waals surface area contributed by atoms with Crippen LogP contribution in [-0.2, 0) is 9.53 Å². The van der Waals surface area contributed by atoms with Gasteiger partial charge in [0.2, 0.25) is 5.88 Å². The van der Waals surface area contributed by atoms with Crippen molar-refractivity contribution in [3.63, 3.8) is 0 Å². The van der Waals surface area contributed by atoms with Gasteiger partial charge >= 0.3 is 11.6 Å². The van der Waals surface area contributed by atoms with E-state index in [1.807, 2.05) is 13.0 Å². The second-order valence-corrected chi connectivity index (χ2v) is 6.63. The number of nitrogens with two attached hydrogens (primary N) is 1. The topological polar surface area (TPSA) is 101 Å². The number of carbonyl (C=O) groups excluding carboxylic acids is 1. The highest BCUT2D eigenvalue weighted by atomic mass is 16.5. The number of fused-ring (bicyclic) bond motifs is 3. The average Bonchev–Trinajstić information content (AvgIpc) is 2.74. The number of esters is 1. The smallest absolute Gasteiger partial charge is 0.344 e. The summed E-state index contributed by atoms with van der Waals surface area (Å²) in [4.78, 5) is 25.9. The van der Waals surface area contributed by atoms with E-state index < -0.39 is 17.5 Å². The third-order valence-electron chi connectivity index (χ3n) is 4.88. The van der Waals surface area contributed by atoms with Crippen LogP contribution in [0.4, 0.5) is 0 Å². The molecule has 30 heavy (non-hydrogen) atoms. The number of hydrogen-bond donors (Lipinski definition) is 1. The summed E-state index contributed by atoms with van der Waals surface area (Å²) in [5.74, 6) is -0.849. The van der Waals surface area contributed by atoms with E-state index in [2.05, 4.69) is 0 Å². The summed E-state index contributed by atoms with van der Waals surface area (Å²) in [7, 11) is 0. The first-order chi connectivity index (χ1) is 14.6. The normalized spacial score (nSPS) is 15.5. The fourth-order valence-corrected chi connectivity index (χ4v) is 3.69. The highest BCUT2D eigenvalue weighted by Gasteiger charge is 2.40. The Balaban J connectivity index is 2.05. The molecule has 4 rings (SSSR count). The zero-order chi connectivity index (χ0) is 21.3. The number of para-hydroxylation sites is 2. The molecule has 2 aromatic carbocycles. The van der Waals surface area contributed by atoms with Crippen LogP contribution >= 0.6 is 0 Å². The molecule has 0 unspecified atom stereocenters. The van der Waals surface area contributed by atoms with Gasteiger partial charge in [0.15, 0.2) is 5.75 Å². The summed E-state index contributed by atoms with van der Waals surface area (Å²) in [5.41, 5.74) is 6.77. The predicted octanol–water partition coefficient (Wildman–Crippen LogP) is 3.45. The van der Waals surface area contributed by atoms with Gasteiger partial charge in [0.25, 0.3) is 0 Å². The SMILES string of the molecule is CCOC(=O)C1=C(N)Oc2c(c(=O)oc3ccccc23)[C@H]1c1ccccc1OCC. The lowest BCUT2D eigenvalue weighted by atomic mass is 9.82. The van der Waals surface area contributed by atoms with E-state index in [4.69, 9.17) is 24.4 Å². The molecule has 2 heterocycles. The molecule has 1 aliphatic heterocycles. The highest BCUT2D eigenvalue weighted by Crippen LogP contribution is 2.46. The van der Waals surface area contributed by atoms with Crippen LogP contribution < -0.4 is 20.8 Å². The van der Waals surface area contributed by atoms with Crippen molar-refractivity contribution >= 4 is 16.9 Å². The molecule has 1 aliphatic rings. The number of benzene rings is 2. The van der Waals surface area contributed by atoms with Gasteiger partial charge in [-0.05, 0) is 32.0 Å². The first-order valence-corrected chi connectivity index (χ1v) is 9.68. The van der Waals surface area contributed by atoms with Crippen LogP contribution in [0.25, 0.3) is 11.0 Å². The van der Waals surface area contributed by atoms with Gasteiger partial charge in [-0.25, -0.2) is 9.59 Å². The van der Waals surface area contributed by atoms with E-state index in [0.717, 1.165) is 0 Å². The molecule has 7 nitrogen and oxygen atoms in total. The van der Waals surface area contributed by atoms with Gasteiger partial charge in [0, 0.05) is 5.56 Å². The second-order valence-electron chi connectivity index (χ2n) is 6.63. The Bertz CT molecular complexity index is 1210. The van der Waals surface area contributed by atoms with Crippen molar-refractivity contribution in [2.24, 2.45) is 5.73 Å². The minimum absolute atomic E-state index is 0.0408. The molecule has 0 radical (unpaired) electrons. The molecular weight excluding hydrogens is 386 g/mol. The highest BCUT2D eigenvalue weighted by molar-refractivity contribution is 5.95. The average molecular weight is 407 g/mol. The molecule has 7 heteroatoms. The number of carbonyl (C=O) groups is 1. The lowest BCUT2D eigenvalue weighted by Gasteiger charge is -2.28. The minimum Gasteiger partial charge on any atom is -0.494 e. The summed E-state index contributed by atoms with van der Waals surface area (Å²) in [5, 5.41) is 0.580. The zero-order valence-electron chi connectivity index (χ0n) is 16.6. The Kier molecular flexibility index (Phi) is 5.18. The summed E-state index contributed by atoms with van der Waals surface area (Å²) in [6.07, 6.45) is 0. The first kappa shape index (κ1) is 19.6. The van der Waals surface area contributed by atoms with E-state index in [-0.39, 0.29) is 29.4 Å². The number of rotatable bonds is 5. The fourth-order valence-electron chi connectivity index (χ4n) is 3.69. The lowest BCUT2D eigenvalue weighted by Crippen LogP contribution is -2.31. The van der Waals surface area contributed by atoms with Gasteiger partial charge in [0.1, 0.15) is 16.9 Å². The Hall–Kier alpha value is -3.74. The molecule has 0 saturated heterocycles. The molecule has 0 aliphatic carbocycles. The first-order valence-electron chi connectivity index (χ1n) is 9.68. The number of ether oxygens (including phenoxy) is 3. The van der Waals surface area contributed by atoms with E-state index in [0.29, 0.717) is 28.9 Å². The second kappa shape index (κ2) is 7.94. The maximum absolute atomic E-state index is 13.1. The largest absolute Gasteiger partial charge is 0.494 e. The molecule has 154 valence electrons. The zero-order valence-corrected chi connectivity index (χ0v) is 16.6. The van der Waals surface area contributed by atoms with E-state index >= 15 is 0 Å². The van der Waals surface area contributed by atoms with Gasteiger partial charge in [-0.3, -0.25) is 0 Å². The van der Waals surface area contributed by atoms with Crippen LogP contribution in [0.3, 0.4) is 0 Å². The van der Waals surface area contributed by atoms with Crippen LogP contribution in [0, 0.1) is 0 Å². The van der Waals surface area contributed by atoms with Crippen molar-refractivity contribution in [2.75, 3.05) is 13.2 Å². The van der Waals surface area contributed by atoms with Gasteiger partial charge in [-0.1, -0.05) is 30.3 Å². The molecule has 0 spiro atoms. The molecule has 2 N–H and O–H groups in total. The molecule has 0 bridgehead atoms. The summed E-state index contributed by atoms with van der Waals surface area (Å²) < 4.78 is 22.3. The Morgan fingerprint density at radius 2 is 1.80 bits per heavy atom. The Morgan fingerprint density at radius 1 is 1.07 bits per heavy atom. The molecule has 0 amide bonds. The van der Waals surface area contributed by atoms with Crippen LogP contribution in [0.2, 0.25) is 0 Å². The molecular formula is C23H21NO6. The fraction of sp³-hybridized carbons (Fsp3) is 0.217. The standard InChI is InChI=1S/C23H21NO6/c1-3-27-15-11-7-5-9-13(15)17-18-20(30-21(24)19(17)22(25)28-4-2)14-10-6-8-12-16(14)29-23(18)26/h5-12,17H,3-4,24H2,1-2H3/t17-/m1/s1. The summed E-state index contributed by atoms with van der Waals surface area (Å²) in [6.45, 7) is 4.10. The van der Waals surface area contributed by atoms with Crippen molar-refractivity contribution in [1.82, 2.24) is 0 Å². The van der Waals surface area contributed by atoms with Crippen LogP contribution in [-0.4, -0.2) is 19.2 Å². The predicted molar refractivity (Wildman–Crippen MR) is 110 cm³/mol. The molecule has 1 atom stereocenters. The van der Waals surface area contributed by atoms with Gasteiger partial charge < -0.3 is 24.4 Å². The quantitative estimate of drug-likeness (QED) is 0.511. The lowest BCUT2D eigenvalue weighted by molar-refractivity contribution is -0.139. The summed E-state index contributed by atoms with van der Waals surface area (Å²) in [6, 6.07) is 14.2. The van der Waals surface area contributed by atoms with E-state index in [1.165, 1.54) is 0 Å². The monoisotopic (exact) mass is 407 g/mol. The maximum atomic E-state index is 13.1. The van der Waals surface area contributed by atoms with E-state index in [1.54, 1.807) is 49.4 Å². The van der Waals surface area contributed by atoms with Gasteiger partial charge in [0.05, 0.1) is 30.1 Å². The summed E-state index contributed by atoms with van der Waals surface area (Å²) >= 11 is 0. The van der Waals surface area contributed by atoms with Gasteiger partial charge in [-0.15, -0.1) is 0 Å². The van der Waals surface area contributed by atoms with Crippen LogP contribution in [0.15, 0.2) is 69.2 Å². The molecule has 1 aromatic heterocycles. The molecule has 0 fully saturated rings. The van der Waals surface area contributed by atoms with Crippen molar-refractivity contribution in [3.8, 4) is 11.5 Å². The van der Waals surface area contributed by atoms with Crippen LogP contribution in [0.5, 0.6) is 11.5 Å². The third kappa shape index (κ3) is 3.18. The van der Waals surface area contributed by atoms with Crippen molar-refractivity contribution in [3.05, 3.63) is 81.5 Å². The Labute approximate surface area is 172 Å². The Morgan fingerprint density at radius 3 is 2.57 bits per heavy atom. The third-order valence-corrected chi connectivity index (χ3v) is 4.88. The molecule has 0 saturated carbocycles. The van der Waals surface area contributed by atoms with Crippen molar-refractivity contribution in [2.45, 2.75) is 19.8 Å². The minimum atomic E-state index is -0.864. The van der Waals surface area contributed by atoms with Gasteiger partial charge in [-0.2, -0.15) is 0 Å². The number of hydrogen-bond acceptors (Lipinski definition) is 7.